The first-order chi connectivity index (χ1) is 19.8. The number of rotatable bonds is 6. The Balaban J connectivity index is 1.44. The number of fused-ring (bicyclic) bond motifs is 7. The van der Waals surface area contributed by atoms with E-state index in [4.69, 9.17) is 0 Å². The van der Waals surface area contributed by atoms with Crippen molar-refractivity contribution in [2.24, 2.45) is 0 Å². The van der Waals surface area contributed by atoms with Gasteiger partial charge in [-0.15, -0.1) is 22.7 Å². The fourth-order valence-electron chi connectivity index (χ4n) is 6.16. The predicted molar refractivity (Wildman–Crippen MR) is 180 cm³/mol. The molecule has 0 aliphatic carbocycles. The molecule has 2 aromatic heterocycles. The number of hydrogen-bond donors (Lipinski definition) is 0. The van der Waals surface area contributed by atoms with Crippen LogP contribution < -0.4 is 4.90 Å². The molecule has 40 heavy (non-hydrogen) atoms. The highest BCUT2D eigenvalue weighted by Crippen LogP contribution is 2.52. The maximum absolute atomic E-state index is 3.78. The van der Waals surface area contributed by atoms with Crippen LogP contribution in [0.25, 0.3) is 61.9 Å². The van der Waals surface area contributed by atoms with E-state index >= 15 is 0 Å². The zero-order valence-corrected chi connectivity index (χ0v) is 23.4. The Bertz CT molecular complexity index is 2260. The highest BCUT2D eigenvalue weighted by molar-refractivity contribution is 7.34. The lowest BCUT2D eigenvalue weighted by Gasteiger charge is -2.24. The molecule has 0 spiro atoms. The van der Waals surface area contributed by atoms with Crippen molar-refractivity contribution in [3.8, 4) is 0 Å². The normalized spacial score (nSPS) is 12.5. The largest absolute Gasteiger partial charge is 0.336 e. The minimum Gasteiger partial charge on any atom is -0.336 e. The Morgan fingerprint density at radius 1 is 0.575 bits per heavy atom. The molecule has 1 nitrogen and oxygen atoms in total. The van der Waals surface area contributed by atoms with Gasteiger partial charge in [-0.05, 0) is 51.9 Å². The number of thiophene rings is 2. The smallest absolute Gasteiger partial charge is 0.0595 e. The molecule has 0 aliphatic rings. The highest BCUT2D eigenvalue weighted by Gasteiger charge is 2.21. The zero-order valence-electron chi connectivity index (χ0n) is 21.8. The molecule has 3 heteroatoms. The van der Waals surface area contributed by atoms with E-state index < -0.39 is 0 Å². The van der Waals surface area contributed by atoms with Crippen LogP contribution in [-0.2, 0) is 0 Å². The number of allylic oxidation sites excluding steroid dienone is 4. The van der Waals surface area contributed by atoms with Crippen LogP contribution >= 0.6 is 22.7 Å². The quantitative estimate of drug-likeness (QED) is 0.148. The van der Waals surface area contributed by atoms with Gasteiger partial charge in [0.25, 0.3) is 0 Å². The van der Waals surface area contributed by atoms with Gasteiger partial charge in [-0.25, -0.2) is 0 Å². The molecule has 6 aromatic carbocycles. The Morgan fingerprint density at radius 3 is 2.17 bits per heavy atom. The molecule has 8 aromatic rings. The lowest BCUT2D eigenvalue weighted by molar-refractivity contribution is 1.11. The first-order valence-corrected chi connectivity index (χ1v) is 15.2. The minimum absolute atomic E-state index is 0.777. The van der Waals surface area contributed by atoms with Gasteiger partial charge >= 0.3 is 0 Å². The minimum atomic E-state index is 0.777. The van der Waals surface area contributed by atoms with Crippen molar-refractivity contribution in [2.45, 2.75) is 0 Å². The first-order valence-electron chi connectivity index (χ1n) is 13.5. The Hall–Kier alpha value is -4.44. The zero-order chi connectivity index (χ0) is 26.6. The number of hydrogen-bond acceptors (Lipinski definition) is 3. The topological polar surface area (TPSA) is 3.24 Å². The summed E-state index contributed by atoms with van der Waals surface area (Å²) in [5, 5.41) is 10.9. The van der Waals surface area contributed by atoms with Gasteiger partial charge in [0.15, 0.2) is 0 Å². The lowest BCUT2D eigenvalue weighted by atomic mass is 9.93. The SMILES string of the molecule is C=C/C=C\C=C/CN(c1ccccc1)c1cccc2c1sc1c2cc2c3ccccc3c3cccc4sc1c2c43. The second kappa shape index (κ2) is 9.34. The maximum atomic E-state index is 3.78. The lowest BCUT2D eigenvalue weighted by Crippen LogP contribution is -2.16. The first kappa shape index (κ1) is 23.4. The van der Waals surface area contributed by atoms with Gasteiger partial charge < -0.3 is 4.90 Å². The summed E-state index contributed by atoms with van der Waals surface area (Å²) >= 11 is 3.89. The summed E-state index contributed by atoms with van der Waals surface area (Å²) in [6, 6.07) is 35.7. The molecule has 190 valence electrons. The van der Waals surface area contributed by atoms with E-state index in [1.165, 1.54) is 73.3 Å². The molecule has 0 saturated heterocycles. The molecule has 0 atom stereocenters. The molecule has 0 saturated carbocycles. The van der Waals surface area contributed by atoms with Crippen LogP contribution in [0.5, 0.6) is 0 Å². The van der Waals surface area contributed by atoms with E-state index in [0.29, 0.717) is 0 Å². The summed E-state index contributed by atoms with van der Waals surface area (Å²) in [5.74, 6) is 0. The molecule has 0 fully saturated rings. The summed E-state index contributed by atoms with van der Waals surface area (Å²) in [6.07, 6.45) is 10.1. The molecule has 0 N–H and O–H groups in total. The Morgan fingerprint density at radius 2 is 1.32 bits per heavy atom. The molecule has 0 bridgehead atoms. The summed E-state index contributed by atoms with van der Waals surface area (Å²) in [5.41, 5.74) is 2.43. The molecule has 8 rings (SSSR count). The van der Waals surface area contributed by atoms with Crippen LogP contribution in [0.1, 0.15) is 0 Å². The van der Waals surface area contributed by atoms with Crippen molar-refractivity contribution < 1.29 is 0 Å². The molecule has 0 unspecified atom stereocenters. The van der Waals surface area contributed by atoms with Crippen LogP contribution in [0.15, 0.2) is 134 Å². The third kappa shape index (κ3) is 3.45. The fraction of sp³-hybridized carbons (Fsp3) is 0.0270. The summed E-state index contributed by atoms with van der Waals surface area (Å²) < 4.78 is 5.51. The molecular formula is C37H25NS2. The van der Waals surface area contributed by atoms with Gasteiger partial charge in [0.05, 0.1) is 19.8 Å². The van der Waals surface area contributed by atoms with Crippen molar-refractivity contribution in [1.29, 1.82) is 0 Å². The number of para-hydroxylation sites is 1. The van der Waals surface area contributed by atoms with Crippen LogP contribution in [0.4, 0.5) is 11.4 Å². The van der Waals surface area contributed by atoms with Gasteiger partial charge in [-0.3, -0.25) is 0 Å². The van der Waals surface area contributed by atoms with E-state index in [-0.39, 0.29) is 0 Å². The monoisotopic (exact) mass is 547 g/mol. The molecule has 0 amide bonds. The fourth-order valence-corrected chi connectivity index (χ4v) is 8.85. The standard InChI is InChI=1S/C37H25NS2/c1-2-3-4-5-11-22-38(24-14-7-6-8-15-24)31-20-12-19-28-30-23-29-26-17-10-9-16-25(26)27-18-13-21-32-33(27)34(29)37(39-32)36(30)40-35(28)31/h2-21,23H,1,22H2/b4-3-,11-5-. The van der Waals surface area contributed by atoms with Crippen molar-refractivity contribution in [1.82, 2.24) is 0 Å². The maximum Gasteiger partial charge on any atom is 0.0595 e. The second-order valence-electron chi connectivity index (χ2n) is 10.1. The van der Waals surface area contributed by atoms with Gasteiger partial charge in [0.2, 0.25) is 0 Å². The van der Waals surface area contributed by atoms with Crippen LogP contribution in [0.2, 0.25) is 0 Å². The number of anilines is 2. The third-order valence-corrected chi connectivity index (χ3v) is 10.4. The molecule has 0 radical (unpaired) electrons. The van der Waals surface area contributed by atoms with E-state index in [1.54, 1.807) is 6.08 Å². The second-order valence-corrected chi connectivity index (χ2v) is 12.2. The number of benzene rings is 6. The molecule has 2 heterocycles. The average molecular weight is 548 g/mol. The van der Waals surface area contributed by atoms with E-state index in [2.05, 4.69) is 121 Å². The van der Waals surface area contributed by atoms with E-state index in [0.717, 1.165) is 6.54 Å². The van der Waals surface area contributed by atoms with Crippen LogP contribution in [0, 0.1) is 0 Å². The van der Waals surface area contributed by atoms with Crippen LogP contribution in [0.3, 0.4) is 0 Å². The average Bonchev–Trinajstić information content (AvgIpc) is 3.58. The highest BCUT2D eigenvalue weighted by atomic mass is 32.1. The molecule has 0 aliphatic heterocycles. The Labute approximate surface area is 240 Å². The third-order valence-electron chi connectivity index (χ3n) is 7.86. The summed E-state index contributed by atoms with van der Waals surface area (Å²) in [6.45, 7) is 4.55. The number of nitrogens with zero attached hydrogens (tertiary/aromatic N) is 1. The van der Waals surface area contributed by atoms with Crippen molar-refractivity contribution in [2.75, 3.05) is 11.4 Å². The van der Waals surface area contributed by atoms with Crippen LogP contribution in [-0.4, -0.2) is 6.54 Å². The van der Waals surface area contributed by atoms with Gasteiger partial charge in [-0.2, -0.15) is 0 Å². The van der Waals surface area contributed by atoms with Crippen molar-refractivity contribution >= 4 is 95.9 Å². The van der Waals surface area contributed by atoms with Gasteiger partial charge in [-0.1, -0.05) is 104 Å². The summed E-state index contributed by atoms with van der Waals surface area (Å²) in [7, 11) is 0. The van der Waals surface area contributed by atoms with E-state index in [1.807, 2.05) is 34.8 Å². The van der Waals surface area contributed by atoms with Gasteiger partial charge in [0, 0.05) is 38.5 Å². The summed E-state index contributed by atoms with van der Waals surface area (Å²) in [4.78, 5) is 2.42. The molecular weight excluding hydrogens is 523 g/mol. The predicted octanol–water partition coefficient (Wildman–Crippen LogP) is 11.6. The van der Waals surface area contributed by atoms with Crippen molar-refractivity contribution in [3.05, 3.63) is 134 Å². The van der Waals surface area contributed by atoms with Crippen molar-refractivity contribution in [3.63, 3.8) is 0 Å². The Kier molecular flexibility index (Phi) is 5.47. The van der Waals surface area contributed by atoms with E-state index in [9.17, 15) is 0 Å². The van der Waals surface area contributed by atoms with Gasteiger partial charge in [0.1, 0.15) is 0 Å².